The molecule has 0 atom stereocenters. The van der Waals surface area contributed by atoms with E-state index in [1.165, 1.54) is 12.1 Å². The number of benzene rings is 1. The second kappa shape index (κ2) is 6.43. The minimum absolute atomic E-state index is 0.133. The molecule has 10 heteroatoms. The van der Waals surface area contributed by atoms with Gasteiger partial charge in [0.1, 0.15) is 12.3 Å². The standard InChI is InChI=1S/C12H12N6O4/c1-8(9-2-4-10(19)5-3-9)14-15-11(20)6-17-7-13-12(16-17)18(21)22/h2-5,7,19H,6H2,1H3,(H,15,20)/b14-8+. The average Bonchev–Trinajstić information content (AvgIpc) is 2.94. The Bertz CT molecular complexity index is 721. The van der Waals surface area contributed by atoms with E-state index in [9.17, 15) is 20.0 Å². The van der Waals surface area contributed by atoms with Gasteiger partial charge in [-0.25, -0.2) is 5.43 Å². The second-order valence-corrected chi connectivity index (χ2v) is 4.28. The fourth-order valence-corrected chi connectivity index (χ4v) is 1.54. The van der Waals surface area contributed by atoms with Gasteiger partial charge in [-0.05, 0) is 41.7 Å². The van der Waals surface area contributed by atoms with Gasteiger partial charge < -0.3 is 15.2 Å². The van der Waals surface area contributed by atoms with Gasteiger partial charge in [-0.15, -0.1) is 0 Å². The summed E-state index contributed by atoms with van der Waals surface area (Å²) in [4.78, 5) is 24.8. The minimum Gasteiger partial charge on any atom is -0.508 e. The van der Waals surface area contributed by atoms with Gasteiger partial charge in [0.15, 0.2) is 0 Å². The van der Waals surface area contributed by atoms with Crippen molar-refractivity contribution < 1.29 is 14.8 Å². The third-order valence-corrected chi connectivity index (χ3v) is 2.63. The van der Waals surface area contributed by atoms with E-state index in [4.69, 9.17) is 0 Å². The highest BCUT2D eigenvalue weighted by molar-refractivity contribution is 5.99. The van der Waals surface area contributed by atoms with E-state index in [1.807, 2.05) is 0 Å². The minimum atomic E-state index is -0.748. The first-order chi connectivity index (χ1) is 10.5. The Morgan fingerprint density at radius 1 is 1.45 bits per heavy atom. The topological polar surface area (TPSA) is 136 Å². The number of rotatable bonds is 5. The molecule has 0 spiro atoms. The number of nitrogens with one attached hydrogen (secondary N) is 1. The van der Waals surface area contributed by atoms with Crippen LogP contribution in [-0.4, -0.2) is 36.4 Å². The summed E-state index contributed by atoms with van der Waals surface area (Å²) in [5, 5.41) is 27.0. The zero-order valence-corrected chi connectivity index (χ0v) is 11.5. The third-order valence-electron chi connectivity index (χ3n) is 2.63. The number of hydrogen-bond donors (Lipinski definition) is 2. The molecule has 1 aromatic heterocycles. The van der Waals surface area contributed by atoms with Crippen LogP contribution >= 0.6 is 0 Å². The van der Waals surface area contributed by atoms with Gasteiger partial charge in [-0.1, -0.05) is 4.98 Å². The Kier molecular flexibility index (Phi) is 4.41. The first-order valence-electron chi connectivity index (χ1n) is 6.12. The van der Waals surface area contributed by atoms with Crippen LogP contribution in [0.2, 0.25) is 0 Å². The molecule has 2 rings (SSSR count). The molecule has 1 aromatic carbocycles. The highest BCUT2D eigenvalue weighted by Crippen LogP contribution is 2.10. The van der Waals surface area contributed by atoms with Gasteiger partial charge in [0.2, 0.25) is 6.33 Å². The molecule has 1 heterocycles. The number of phenolic OH excluding ortho intramolecular Hbond substituents is 1. The largest absolute Gasteiger partial charge is 0.508 e. The number of nitrogens with zero attached hydrogens (tertiary/aromatic N) is 5. The molecule has 10 nitrogen and oxygen atoms in total. The van der Waals surface area contributed by atoms with Gasteiger partial charge in [-0.2, -0.15) is 9.78 Å². The summed E-state index contributed by atoms with van der Waals surface area (Å²) in [5.41, 5.74) is 3.58. The highest BCUT2D eigenvalue weighted by Gasteiger charge is 2.14. The Morgan fingerprint density at radius 2 is 2.14 bits per heavy atom. The monoisotopic (exact) mass is 304 g/mol. The van der Waals surface area contributed by atoms with Crippen molar-refractivity contribution in [2.24, 2.45) is 5.10 Å². The molecule has 0 aliphatic heterocycles. The first kappa shape index (κ1) is 15.1. The van der Waals surface area contributed by atoms with Crippen molar-refractivity contribution in [1.82, 2.24) is 20.2 Å². The third kappa shape index (κ3) is 3.85. The highest BCUT2D eigenvalue weighted by atomic mass is 16.6. The maximum absolute atomic E-state index is 11.7. The van der Waals surface area contributed by atoms with Crippen molar-refractivity contribution in [3.63, 3.8) is 0 Å². The normalized spacial score (nSPS) is 11.2. The summed E-state index contributed by atoms with van der Waals surface area (Å²) >= 11 is 0. The van der Waals surface area contributed by atoms with Crippen LogP contribution in [-0.2, 0) is 11.3 Å². The van der Waals surface area contributed by atoms with Crippen molar-refractivity contribution in [1.29, 1.82) is 0 Å². The number of carbonyl (C=O) groups is 1. The van der Waals surface area contributed by atoms with E-state index < -0.39 is 16.8 Å². The van der Waals surface area contributed by atoms with Crippen LogP contribution in [0, 0.1) is 10.1 Å². The van der Waals surface area contributed by atoms with Crippen LogP contribution < -0.4 is 5.43 Å². The van der Waals surface area contributed by atoms with Crippen LogP contribution in [0.3, 0.4) is 0 Å². The van der Waals surface area contributed by atoms with Gasteiger partial charge in [0, 0.05) is 5.10 Å². The first-order valence-corrected chi connectivity index (χ1v) is 6.12. The van der Waals surface area contributed by atoms with Crippen LogP contribution in [0.25, 0.3) is 0 Å². The summed E-state index contributed by atoms with van der Waals surface area (Å²) in [6.07, 6.45) is 1.09. The van der Waals surface area contributed by atoms with Crippen LogP contribution in [0.15, 0.2) is 35.7 Å². The molecule has 0 unspecified atom stereocenters. The zero-order valence-electron chi connectivity index (χ0n) is 11.5. The Hall–Kier alpha value is -3.30. The second-order valence-electron chi connectivity index (χ2n) is 4.28. The molecule has 0 saturated heterocycles. The molecule has 0 saturated carbocycles. The molecule has 1 amide bonds. The maximum Gasteiger partial charge on any atom is 0.490 e. The van der Waals surface area contributed by atoms with Crippen molar-refractivity contribution in [3.05, 3.63) is 46.3 Å². The number of carbonyl (C=O) groups excluding carboxylic acids is 1. The van der Waals surface area contributed by atoms with Gasteiger partial charge in [-0.3, -0.25) is 4.79 Å². The number of phenols is 1. The van der Waals surface area contributed by atoms with Gasteiger partial charge in [0.25, 0.3) is 5.91 Å². The summed E-state index contributed by atoms with van der Waals surface area (Å²) in [7, 11) is 0. The molecule has 0 bridgehead atoms. The van der Waals surface area contributed by atoms with E-state index in [2.05, 4.69) is 20.6 Å². The number of hydrogen-bond acceptors (Lipinski definition) is 7. The van der Waals surface area contributed by atoms with E-state index >= 15 is 0 Å². The molecule has 0 radical (unpaired) electrons. The summed E-state index contributed by atoms with van der Waals surface area (Å²) < 4.78 is 1.04. The molecule has 0 aliphatic carbocycles. The summed E-state index contributed by atoms with van der Waals surface area (Å²) in [6.45, 7) is 1.44. The number of amides is 1. The van der Waals surface area contributed by atoms with Crippen molar-refractivity contribution >= 4 is 17.6 Å². The van der Waals surface area contributed by atoms with Crippen LogP contribution in [0.5, 0.6) is 5.75 Å². The summed E-state index contributed by atoms with van der Waals surface area (Å²) in [5.74, 6) is -0.942. The van der Waals surface area contributed by atoms with Crippen molar-refractivity contribution in [3.8, 4) is 5.75 Å². The number of aromatic nitrogens is 3. The number of aromatic hydroxyl groups is 1. The maximum atomic E-state index is 11.7. The lowest BCUT2D eigenvalue weighted by atomic mass is 10.1. The van der Waals surface area contributed by atoms with E-state index in [-0.39, 0.29) is 12.3 Å². The van der Waals surface area contributed by atoms with Crippen molar-refractivity contribution in [2.45, 2.75) is 13.5 Å². The SMILES string of the molecule is C/C(=N\NC(=O)Cn1cnc([N+](=O)[O-])n1)c1ccc(O)cc1. The lowest BCUT2D eigenvalue weighted by molar-refractivity contribution is -0.394. The van der Waals surface area contributed by atoms with Crippen LogP contribution in [0.1, 0.15) is 12.5 Å². The van der Waals surface area contributed by atoms with E-state index in [0.29, 0.717) is 5.71 Å². The molecule has 22 heavy (non-hydrogen) atoms. The molecule has 0 aliphatic rings. The molecule has 2 N–H and O–H groups in total. The quantitative estimate of drug-likeness (QED) is 0.467. The predicted molar refractivity (Wildman–Crippen MR) is 75.1 cm³/mol. The zero-order chi connectivity index (χ0) is 16.1. The number of nitro groups is 1. The lowest BCUT2D eigenvalue weighted by Crippen LogP contribution is -2.24. The van der Waals surface area contributed by atoms with Crippen molar-refractivity contribution in [2.75, 3.05) is 0 Å². The lowest BCUT2D eigenvalue weighted by Gasteiger charge is -2.02. The fraction of sp³-hybridized carbons (Fsp3) is 0.167. The predicted octanol–water partition coefficient (Wildman–Crippen LogP) is 0.432. The molecule has 114 valence electrons. The Balaban J connectivity index is 1.95. The average molecular weight is 304 g/mol. The Labute approximate surface area is 124 Å². The Morgan fingerprint density at radius 3 is 2.73 bits per heavy atom. The number of hydrazone groups is 1. The molecule has 2 aromatic rings. The summed E-state index contributed by atoms with van der Waals surface area (Å²) in [6, 6.07) is 6.32. The fourth-order valence-electron chi connectivity index (χ4n) is 1.54. The van der Waals surface area contributed by atoms with E-state index in [0.717, 1.165) is 16.6 Å². The van der Waals surface area contributed by atoms with Gasteiger partial charge >= 0.3 is 5.95 Å². The smallest absolute Gasteiger partial charge is 0.490 e. The molecule has 0 fully saturated rings. The van der Waals surface area contributed by atoms with E-state index in [1.54, 1.807) is 19.1 Å². The van der Waals surface area contributed by atoms with Crippen LogP contribution in [0.4, 0.5) is 5.95 Å². The van der Waals surface area contributed by atoms with Gasteiger partial charge in [0.05, 0.1) is 5.71 Å². The molecular weight excluding hydrogens is 292 g/mol. The molecular formula is C12H12N6O4.